The van der Waals surface area contributed by atoms with E-state index >= 15 is 0 Å². The molecule has 0 aromatic heterocycles. The molecule has 24 heavy (non-hydrogen) atoms. The lowest BCUT2D eigenvalue weighted by Crippen LogP contribution is -2.43. The number of nitrogens with zero attached hydrogens (tertiary/aromatic N) is 1. The van der Waals surface area contributed by atoms with Gasteiger partial charge in [-0.3, -0.25) is 4.79 Å². The van der Waals surface area contributed by atoms with E-state index in [9.17, 15) is 13.2 Å². The number of rotatable bonds is 7. The second-order valence-electron chi connectivity index (χ2n) is 5.95. The van der Waals surface area contributed by atoms with Gasteiger partial charge in [0.2, 0.25) is 10.0 Å². The Balaban J connectivity index is 2.12. The molecule has 1 aliphatic rings. The molecule has 1 atom stereocenters. The third kappa shape index (κ3) is 4.34. The molecule has 1 N–H and O–H groups in total. The van der Waals surface area contributed by atoms with Gasteiger partial charge in [0.1, 0.15) is 0 Å². The Labute approximate surface area is 144 Å². The first-order valence-corrected chi connectivity index (χ1v) is 9.83. The van der Waals surface area contributed by atoms with Crippen molar-refractivity contribution in [3.8, 4) is 0 Å². The van der Waals surface area contributed by atoms with Crippen LogP contribution in [-0.2, 0) is 14.8 Å². The molecule has 6 nitrogen and oxygen atoms in total. The van der Waals surface area contributed by atoms with E-state index in [1.165, 1.54) is 12.1 Å². The lowest BCUT2D eigenvalue weighted by Gasteiger charge is -2.34. The van der Waals surface area contributed by atoms with Gasteiger partial charge in [-0.25, -0.2) is 8.42 Å². The van der Waals surface area contributed by atoms with Crippen LogP contribution in [0.3, 0.4) is 0 Å². The molecule has 0 saturated carbocycles. The lowest BCUT2D eigenvalue weighted by molar-refractivity contribution is 0.0937. The number of carbonyl (C=O) groups excluding carboxylic acids is 1. The number of nitrogens with one attached hydrogen (secondary N) is 1. The van der Waals surface area contributed by atoms with Crippen LogP contribution in [0.5, 0.6) is 0 Å². The standard InChI is InChI=1S/C17H26N2O4S/c1-3-15-6-4-5-12-19(15)24(21,22)16-9-7-14(8-10-16)17(20)18-11-13-23-2/h7-10,15H,3-6,11-13H2,1-2H3,(H,18,20). The Morgan fingerprint density at radius 1 is 1.29 bits per heavy atom. The highest BCUT2D eigenvalue weighted by Crippen LogP contribution is 2.27. The average molecular weight is 354 g/mol. The van der Waals surface area contributed by atoms with Crippen molar-refractivity contribution < 1.29 is 17.9 Å². The Morgan fingerprint density at radius 2 is 2.00 bits per heavy atom. The van der Waals surface area contributed by atoms with Crippen LogP contribution in [0, 0.1) is 0 Å². The summed E-state index contributed by atoms with van der Waals surface area (Å²) in [5.41, 5.74) is 0.440. The zero-order valence-corrected chi connectivity index (χ0v) is 15.1. The van der Waals surface area contributed by atoms with Crippen LogP contribution in [-0.4, -0.2) is 51.5 Å². The maximum Gasteiger partial charge on any atom is 0.251 e. The van der Waals surface area contributed by atoms with E-state index in [2.05, 4.69) is 5.32 Å². The van der Waals surface area contributed by atoms with Gasteiger partial charge >= 0.3 is 0 Å². The molecule has 7 heteroatoms. The summed E-state index contributed by atoms with van der Waals surface area (Å²) < 4.78 is 32.2. The molecule has 1 aromatic carbocycles. The number of methoxy groups -OCH3 is 1. The maximum absolute atomic E-state index is 12.9. The monoisotopic (exact) mass is 354 g/mol. The van der Waals surface area contributed by atoms with E-state index in [0.29, 0.717) is 25.3 Å². The molecule has 1 aromatic rings. The average Bonchev–Trinajstić information content (AvgIpc) is 2.62. The van der Waals surface area contributed by atoms with E-state index in [0.717, 1.165) is 25.7 Å². The van der Waals surface area contributed by atoms with Crippen molar-refractivity contribution in [2.24, 2.45) is 0 Å². The Morgan fingerprint density at radius 3 is 2.62 bits per heavy atom. The number of hydrogen-bond acceptors (Lipinski definition) is 4. The van der Waals surface area contributed by atoms with Gasteiger partial charge < -0.3 is 10.1 Å². The maximum atomic E-state index is 12.9. The van der Waals surface area contributed by atoms with Crippen molar-refractivity contribution >= 4 is 15.9 Å². The predicted octanol–water partition coefficient (Wildman–Crippen LogP) is 2.02. The number of ether oxygens (including phenoxy) is 1. The van der Waals surface area contributed by atoms with E-state index in [1.54, 1.807) is 23.5 Å². The molecule has 0 spiro atoms. The molecular weight excluding hydrogens is 328 g/mol. The van der Waals surface area contributed by atoms with Crippen LogP contribution in [0.4, 0.5) is 0 Å². The van der Waals surface area contributed by atoms with Gasteiger partial charge in [-0.05, 0) is 43.5 Å². The molecule has 2 rings (SSSR count). The molecule has 0 radical (unpaired) electrons. The molecule has 1 unspecified atom stereocenters. The highest BCUT2D eigenvalue weighted by molar-refractivity contribution is 7.89. The van der Waals surface area contributed by atoms with Crippen molar-refractivity contribution in [1.29, 1.82) is 0 Å². The highest BCUT2D eigenvalue weighted by atomic mass is 32.2. The van der Waals surface area contributed by atoms with E-state index in [-0.39, 0.29) is 16.8 Å². The van der Waals surface area contributed by atoms with Crippen LogP contribution in [0.2, 0.25) is 0 Å². The quantitative estimate of drug-likeness (QED) is 0.760. The fourth-order valence-electron chi connectivity index (χ4n) is 2.98. The SMILES string of the molecule is CCC1CCCCN1S(=O)(=O)c1ccc(C(=O)NCCOC)cc1. The topological polar surface area (TPSA) is 75.7 Å². The Bertz CT molecular complexity index is 643. The third-order valence-corrected chi connectivity index (χ3v) is 6.33. The second-order valence-corrected chi connectivity index (χ2v) is 7.84. The first-order valence-electron chi connectivity index (χ1n) is 8.39. The largest absolute Gasteiger partial charge is 0.383 e. The lowest BCUT2D eigenvalue weighted by atomic mass is 10.0. The Kier molecular flexibility index (Phi) is 6.77. The summed E-state index contributed by atoms with van der Waals surface area (Å²) in [6, 6.07) is 6.21. The number of sulfonamides is 1. The number of carbonyl (C=O) groups is 1. The van der Waals surface area contributed by atoms with E-state index < -0.39 is 10.0 Å². The van der Waals surface area contributed by atoms with Crippen molar-refractivity contribution in [2.45, 2.75) is 43.5 Å². The van der Waals surface area contributed by atoms with Gasteiger partial charge in [-0.15, -0.1) is 0 Å². The van der Waals surface area contributed by atoms with Gasteiger partial charge in [0.25, 0.3) is 5.91 Å². The van der Waals surface area contributed by atoms with Gasteiger partial charge in [0.05, 0.1) is 11.5 Å². The van der Waals surface area contributed by atoms with Crippen LogP contribution < -0.4 is 5.32 Å². The second kappa shape index (κ2) is 8.60. The first kappa shape index (κ1) is 18.9. The van der Waals surface area contributed by atoms with Crippen molar-refractivity contribution in [3.05, 3.63) is 29.8 Å². The zero-order valence-electron chi connectivity index (χ0n) is 14.3. The van der Waals surface area contributed by atoms with Gasteiger partial charge in [0.15, 0.2) is 0 Å². The summed E-state index contributed by atoms with van der Waals surface area (Å²) in [5, 5.41) is 2.71. The van der Waals surface area contributed by atoms with Gasteiger partial charge in [-0.2, -0.15) is 4.31 Å². The minimum atomic E-state index is -3.51. The summed E-state index contributed by atoms with van der Waals surface area (Å²) in [6.45, 7) is 3.44. The van der Waals surface area contributed by atoms with Crippen LogP contribution in [0.1, 0.15) is 43.0 Å². The first-order chi connectivity index (χ1) is 11.5. The molecule has 134 valence electrons. The highest BCUT2D eigenvalue weighted by Gasteiger charge is 2.32. The molecule has 1 heterocycles. The van der Waals surface area contributed by atoms with Crippen molar-refractivity contribution in [2.75, 3.05) is 26.8 Å². The minimum absolute atomic E-state index is 0.0702. The molecule has 1 fully saturated rings. The minimum Gasteiger partial charge on any atom is -0.383 e. The number of piperidine rings is 1. The van der Waals surface area contributed by atoms with Crippen molar-refractivity contribution in [3.63, 3.8) is 0 Å². The van der Waals surface area contributed by atoms with Gasteiger partial charge in [-0.1, -0.05) is 13.3 Å². The molecule has 0 bridgehead atoms. The van der Waals surface area contributed by atoms with Gasteiger partial charge in [0, 0.05) is 31.8 Å². The summed E-state index contributed by atoms with van der Waals surface area (Å²) in [5.74, 6) is -0.236. The third-order valence-electron chi connectivity index (χ3n) is 4.36. The fourth-order valence-corrected chi connectivity index (χ4v) is 4.75. The van der Waals surface area contributed by atoms with Crippen molar-refractivity contribution in [1.82, 2.24) is 9.62 Å². The molecule has 1 aliphatic heterocycles. The zero-order chi connectivity index (χ0) is 17.6. The molecule has 0 aliphatic carbocycles. The Hall–Kier alpha value is -1.44. The smallest absolute Gasteiger partial charge is 0.251 e. The van der Waals surface area contributed by atoms with E-state index in [4.69, 9.17) is 4.74 Å². The predicted molar refractivity (Wildman–Crippen MR) is 92.5 cm³/mol. The summed E-state index contributed by atoms with van der Waals surface area (Å²) in [4.78, 5) is 12.2. The number of amides is 1. The summed E-state index contributed by atoms with van der Waals surface area (Å²) >= 11 is 0. The van der Waals surface area contributed by atoms with Crippen LogP contribution in [0.15, 0.2) is 29.2 Å². The summed E-state index contributed by atoms with van der Waals surface area (Å²) in [7, 11) is -1.94. The van der Waals surface area contributed by atoms with E-state index in [1.807, 2.05) is 6.92 Å². The fraction of sp³-hybridized carbons (Fsp3) is 0.588. The molecule has 1 amide bonds. The molecule has 1 saturated heterocycles. The van der Waals surface area contributed by atoms with Crippen LogP contribution >= 0.6 is 0 Å². The number of benzene rings is 1. The summed E-state index contributed by atoms with van der Waals surface area (Å²) in [6.07, 6.45) is 3.70. The normalized spacial score (nSPS) is 19.2. The molecular formula is C17H26N2O4S. The van der Waals surface area contributed by atoms with Crippen LogP contribution in [0.25, 0.3) is 0 Å². The number of hydrogen-bond donors (Lipinski definition) is 1.